The topological polar surface area (TPSA) is 99.3 Å². The van der Waals surface area contributed by atoms with Crippen LogP contribution in [0.1, 0.15) is 38.9 Å². The van der Waals surface area contributed by atoms with Crippen molar-refractivity contribution < 1.29 is 19.1 Å². The van der Waals surface area contributed by atoms with E-state index in [1.165, 1.54) is 0 Å². The van der Waals surface area contributed by atoms with Gasteiger partial charge in [0.15, 0.2) is 5.96 Å². The smallest absolute Gasteiger partial charge is 0.409 e. The zero-order chi connectivity index (χ0) is 19.5. The van der Waals surface area contributed by atoms with Crippen molar-refractivity contribution in [2.75, 3.05) is 32.8 Å². The second-order valence-electron chi connectivity index (χ2n) is 6.60. The van der Waals surface area contributed by atoms with E-state index in [0.717, 1.165) is 31.4 Å². The van der Waals surface area contributed by atoms with Crippen molar-refractivity contribution in [2.45, 2.75) is 51.6 Å². The molecule has 3 N–H and O–H groups in total. The van der Waals surface area contributed by atoms with E-state index in [9.17, 15) is 9.90 Å². The molecular formula is C19H32N4O4. The highest BCUT2D eigenvalue weighted by molar-refractivity contribution is 5.80. The van der Waals surface area contributed by atoms with Gasteiger partial charge in [-0.25, -0.2) is 4.79 Å². The Morgan fingerprint density at radius 1 is 1.44 bits per heavy atom. The molecule has 1 aromatic heterocycles. The summed E-state index contributed by atoms with van der Waals surface area (Å²) in [4.78, 5) is 18.2. The minimum Gasteiger partial charge on any atom is -0.469 e. The lowest BCUT2D eigenvalue weighted by molar-refractivity contribution is 0.0962. The van der Waals surface area contributed by atoms with Gasteiger partial charge < -0.3 is 29.8 Å². The number of hydrogen-bond donors (Lipinski definition) is 3. The van der Waals surface area contributed by atoms with Gasteiger partial charge in [0.25, 0.3) is 0 Å². The van der Waals surface area contributed by atoms with Crippen LogP contribution in [0.25, 0.3) is 0 Å². The molecule has 2 rings (SSSR count). The van der Waals surface area contributed by atoms with Gasteiger partial charge in [0.2, 0.25) is 0 Å². The average molecular weight is 380 g/mol. The van der Waals surface area contributed by atoms with Crippen molar-refractivity contribution in [3.8, 4) is 0 Å². The number of amides is 1. The molecule has 1 fully saturated rings. The van der Waals surface area contributed by atoms with E-state index >= 15 is 0 Å². The number of aliphatic hydroxyl groups is 1. The van der Waals surface area contributed by atoms with Gasteiger partial charge in [-0.2, -0.15) is 0 Å². The third-order valence-electron chi connectivity index (χ3n) is 4.62. The zero-order valence-corrected chi connectivity index (χ0v) is 16.3. The van der Waals surface area contributed by atoms with E-state index in [-0.39, 0.29) is 24.8 Å². The van der Waals surface area contributed by atoms with Gasteiger partial charge in [0.05, 0.1) is 25.5 Å². The molecule has 1 aliphatic rings. The predicted molar refractivity (Wildman–Crippen MR) is 104 cm³/mol. The molecule has 1 amide bonds. The Labute approximate surface area is 161 Å². The minimum atomic E-state index is -0.243. The second-order valence-corrected chi connectivity index (χ2v) is 6.60. The van der Waals surface area contributed by atoms with Gasteiger partial charge in [-0.1, -0.05) is 6.92 Å². The number of aliphatic imine (C=N–C) groups is 1. The molecule has 0 aliphatic carbocycles. The SMILES string of the molecule is CCOC(=O)N1CCC(NC(=NCCc2ccco2)N[C@H](CC)CO)CC1. The monoisotopic (exact) mass is 380 g/mol. The molecule has 2 heterocycles. The van der Waals surface area contributed by atoms with Crippen LogP contribution in [0.4, 0.5) is 4.79 Å². The molecular weight excluding hydrogens is 348 g/mol. The van der Waals surface area contributed by atoms with Crippen LogP contribution in [0.5, 0.6) is 0 Å². The Bertz CT molecular complexity index is 564. The quantitative estimate of drug-likeness (QED) is 0.469. The maximum atomic E-state index is 11.8. The van der Waals surface area contributed by atoms with Crippen molar-refractivity contribution in [2.24, 2.45) is 4.99 Å². The van der Waals surface area contributed by atoms with E-state index in [1.54, 1.807) is 11.2 Å². The molecule has 0 unspecified atom stereocenters. The summed E-state index contributed by atoms with van der Waals surface area (Å²) >= 11 is 0. The molecule has 1 aliphatic heterocycles. The van der Waals surface area contributed by atoms with Gasteiger partial charge in [-0.3, -0.25) is 4.99 Å². The molecule has 27 heavy (non-hydrogen) atoms. The normalized spacial score (nSPS) is 16.9. The van der Waals surface area contributed by atoms with Crippen LogP contribution in [0, 0.1) is 0 Å². The van der Waals surface area contributed by atoms with E-state index in [0.29, 0.717) is 32.2 Å². The number of furan rings is 1. The predicted octanol–water partition coefficient (Wildman–Crippen LogP) is 1.75. The van der Waals surface area contributed by atoms with Crippen LogP contribution in [0.15, 0.2) is 27.8 Å². The number of carbonyl (C=O) groups is 1. The molecule has 0 saturated carbocycles. The number of piperidine rings is 1. The Balaban J connectivity index is 1.88. The molecule has 8 nitrogen and oxygen atoms in total. The van der Waals surface area contributed by atoms with Crippen LogP contribution in [-0.4, -0.2) is 67.0 Å². The first-order valence-corrected chi connectivity index (χ1v) is 9.78. The fraction of sp³-hybridized carbons (Fsp3) is 0.684. The van der Waals surface area contributed by atoms with Gasteiger partial charge in [-0.15, -0.1) is 0 Å². The maximum absolute atomic E-state index is 11.8. The van der Waals surface area contributed by atoms with E-state index < -0.39 is 0 Å². The number of ether oxygens (including phenoxy) is 1. The highest BCUT2D eigenvalue weighted by atomic mass is 16.6. The van der Waals surface area contributed by atoms with Gasteiger partial charge in [-0.05, 0) is 38.3 Å². The van der Waals surface area contributed by atoms with E-state index in [1.807, 2.05) is 26.0 Å². The van der Waals surface area contributed by atoms with Gasteiger partial charge >= 0.3 is 6.09 Å². The van der Waals surface area contributed by atoms with Crippen LogP contribution in [0.3, 0.4) is 0 Å². The zero-order valence-electron chi connectivity index (χ0n) is 16.3. The lowest BCUT2D eigenvalue weighted by atomic mass is 10.1. The first-order chi connectivity index (χ1) is 13.2. The summed E-state index contributed by atoms with van der Waals surface area (Å²) in [6, 6.07) is 3.98. The first-order valence-electron chi connectivity index (χ1n) is 9.78. The van der Waals surface area contributed by atoms with Crippen LogP contribution < -0.4 is 10.6 Å². The van der Waals surface area contributed by atoms with Crippen molar-refractivity contribution in [1.29, 1.82) is 0 Å². The Morgan fingerprint density at radius 2 is 2.22 bits per heavy atom. The van der Waals surface area contributed by atoms with E-state index in [4.69, 9.17) is 9.15 Å². The number of nitrogens with one attached hydrogen (secondary N) is 2. The van der Waals surface area contributed by atoms with E-state index in [2.05, 4.69) is 15.6 Å². The molecule has 0 bridgehead atoms. The molecule has 152 valence electrons. The summed E-state index contributed by atoms with van der Waals surface area (Å²) in [7, 11) is 0. The summed E-state index contributed by atoms with van der Waals surface area (Å²) in [5, 5.41) is 16.2. The number of hydrogen-bond acceptors (Lipinski definition) is 5. The summed E-state index contributed by atoms with van der Waals surface area (Å²) in [5.74, 6) is 1.59. The standard InChI is InChI=1S/C19H32N4O4/c1-3-15(14-24)21-18(20-10-7-17-6-5-13-27-17)22-16-8-11-23(12-9-16)19(25)26-4-2/h5-6,13,15-16,24H,3-4,7-12,14H2,1-2H3,(H2,20,21,22)/t15-/m1/s1. The van der Waals surface area contributed by atoms with Crippen molar-refractivity contribution in [1.82, 2.24) is 15.5 Å². The Hall–Kier alpha value is -2.22. The van der Waals surface area contributed by atoms with Crippen LogP contribution >= 0.6 is 0 Å². The van der Waals surface area contributed by atoms with Gasteiger partial charge in [0, 0.05) is 32.1 Å². The first kappa shape index (κ1) is 21.1. The number of likely N-dealkylation sites (tertiary alicyclic amines) is 1. The molecule has 0 radical (unpaired) electrons. The fourth-order valence-electron chi connectivity index (χ4n) is 2.95. The molecule has 8 heteroatoms. The largest absolute Gasteiger partial charge is 0.469 e. The number of nitrogens with zero attached hydrogens (tertiary/aromatic N) is 2. The number of carbonyl (C=O) groups excluding carboxylic acids is 1. The summed E-state index contributed by atoms with van der Waals surface area (Å²) < 4.78 is 10.4. The van der Waals surface area contributed by atoms with Crippen molar-refractivity contribution in [3.05, 3.63) is 24.2 Å². The molecule has 0 aromatic carbocycles. The van der Waals surface area contributed by atoms with Crippen LogP contribution in [0.2, 0.25) is 0 Å². The summed E-state index contributed by atoms with van der Waals surface area (Å²) in [6.07, 6.45) is 4.59. The Morgan fingerprint density at radius 3 is 2.81 bits per heavy atom. The maximum Gasteiger partial charge on any atom is 0.409 e. The lowest BCUT2D eigenvalue weighted by Crippen LogP contribution is -2.52. The van der Waals surface area contributed by atoms with Gasteiger partial charge in [0.1, 0.15) is 5.76 Å². The summed E-state index contributed by atoms with van der Waals surface area (Å²) in [6.45, 7) is 6.19. The highest BCUT2D eigenvalue weighted by Crippen LogP contribution is 2.11. The second kappa shape index (κ2) is 11.5. The third-order valence-corrected chi connectivity index (χ3v) is 4.62. The third kappa shape index (κ3) is 7.13. The average Bonchev–Trinajstić information content (AvgIpc) is 3.20. The fourth-order valence-corrected chi connectivity index (χ4v) is 2.95. The highest BCUT2D eigenvalue weighted by Gasteiger charge is 2.24. The number of guanidine groups is 1. The summed E-state index contributed by atoms with van der Waals surface area (Å²) in [5.41, 5.74) is 0. The number of aliphatic hydroxyl groups excluding tert-OH is 1. The molecule has 0 spiro atoms. The molecule has 1 saturated heterocycles. The Kier molecular flexibility index (Phi) is 8.97. The molecule has 1 atom stereocenters. The number of rotatable bonds is 8. The minimum absolute atomic E-state index is 0.0421. The molecule has 1 aromatic rings. The van der Waals surface area contributed by atoms with Crippen molar-refractivity contribution in [3.63, 3.8) is 0 Å². The van der Waals surface area contributed by atoms with Crippen LogP contribution in [-0.2, 0) is 11.2 Å². The van der Waals surface area contributed by atoms with Crippen molar-refractivity contribution >= 4 is 12.1 Å². The lowest BCUT2D eigenvalue weighted by Gasteiger charge is -2.33.